The molecule has 3 rings (SSSR count). The van der Waals surface area contributed by atoms with Crippen molar-refractivity contribution < 1.29 is 0 Å². The summed E-state index contributed by atoms with van der Waals surface area (Å²) in [6.07, 6.45) is 23.0. The number of benzene rings is 3. The van der Waals surface area contributed by atoms with Gasteiger partial charge in [0.1, 0.15) is 0 Å². The average molecular weight is 580 g/mol. The van der Waals surface area contributed by atoms with E-state index in [4.69, 9.17) is 5.41 Å². The molecule has 0 unspecified atom stereocenters. The van der Waals surface area contributed by atoms with Crippen LogP contribution in [0.1, 0.15) is 57.2 Å². The molecule has 1 nitrogen and oxygen atoms in total. The number of hydrogen-bond donors (Lipinski definition) is 1. The molecule has 1 N–H and O–H groups in total. The predicted molar refractivity (Wildman–Crippen MR) is 203 cm³/mol. The summed E-state index contributed by atoms with van der Waals surface area (Å²) < 4.78 is 0. The van der Waals surface area contributed by atoms with Crippen LogP contribution in [-0.4, -0.2) is 6.21 Å². The molecule has 44 heavy (non-hydrogen) atoms. The zero-order valence-corrected chi connectivity index (χ0v) is 27.2. The Labute approximate surface area is 267 Å². The summed E-state index contributed by atoms with van der Waals surface area (Å²) in [4.78, 5) is 0. The molecule has 0 aliphatic carbocycles. The summed E-state index contributed by atoms with van der Waals surface area (Å²) in [6.45, 7) is 30.4. The van der Waals surface area contributed by atoms with Crippen LogP contribution in [0.5, 0.6) is 0 Å². The number of fused-ring (bicyclic) bond motifs is 1. The molecule has 0 aromatic heterocycles. The van der Waals surface area contributed by atoms with Crippen molar-refractivity contribution in [2.45, 2.75) is 40.5 Å². The van der Waals surface area contributed by atoms with Crippen LogP contribution in [0.15, 0.2) is 159 Å². The van der Waals surface area contributed by atoms with Crippen LogP contribution in [0.25, 0.3) is 39.6 Å². The minimum atomic E-state index is 0.918. The minimum Gasteiger partial charge on any atom is -0.309 e. The smallest absolute Gasteiger partial charge is 0.0180 e. The van der Waals surface area contributed by atoms with Crippen molar-refractivity contribution >= 4 is 34.7 Å². The standard InChI is InChI=1S/C30H30.C11H15N.C2H4/c1-6-11-19-26(22(7-2)8-3)30-25(10-5)24(9-4)29(23-17-13-12-14-18-23)27-20-15-16-21-28(27)30;1-4-6-7-11(5-2)10(3)8-9-12;1-2/h7,9-21H,2,4-6,8H2,1,3H3;4-9,12H,2H2,1,3H3;1-2H2/b19-11-,26-22+;6-4-,10-8+,11-7+,12-9?;. The summed E-state index contributed by atoms with van der Waals surface area (Å²) in [5.74, 6) is 0. The molecule has 0 aliphatic heterocycles. The second-order valence-electron chi connectivity index (χ2n) is 9.57. The van der Waals surface area contributed by atoms with Gasteiger partial charge in [-0.2, -0.15) is 0 Å². The van der Waals surface area contributed by atoms with Crippen molar-refractivity contribution in [2.24, 2.45) is 0 Å². The first-order chi connectivity index (χ1) is 21.5. The quantitative estimate of drug-likeness (QED) is 0.125. The van der Waals surface area contributed by atoms with E-state index in [0.717, 1.165) is 35.1 Å². The van der Waals surface area contributed by atoms with Crippen molar-refractivity contribution in [3.05, 3.63) is 176 Å². The van der Waals surface area contributed by atoms with E-state index >= 15 is 0 Å². The summed E-state index contributed by atoms with van der Waals surface area (Å²) in [5, 5.41) is 9.34. The van der Waals surface area contributed by atoms with Crippen molar-refractivity contribution in [3.8, 4) is 11.1 Å². The van der Waals surface area contributed by atoms with E-state index in [9.17, 15) is 0 Å². The molecule has 0 aliphatic rings. The van der Waals surface area contributed by atoms with E-state index in [1.54, 1.807) is 12.2 Å². The first kappa shape index (κ1) is 37.0. The second-order valence-corrected chi connectivity index (χ2v) is 9.57. The van der Waals surface area contributed by atoms with E-state index in [2.05, 4.69) is 120 Å². The largest absolute Gasteiger partial charge is 0.309 e. The third kappa shape index (κ3) is 9.51. The van der Waals surface area contributed by atoms with Crippen LogP contribution < -0.4 is 0 Å². The van der Waals surface area contributed by atoms with Crippen LogP contribution >= 0.6 is 0 Å². The van der Waals surface area contributed by atoms with Gasteiger partial charge in [-0.15, -0.1) is 13.2 Å². The van der Waals surface area contributed by atoms with Gasteiger partial charge in [-0.05, 0) is 93.6 Å². The molecule has 0 radical (unpaired) electrons. The lowest BCUT2D eigenvalue weighted by atomic mass is 9.82. The molecule has 3 aromatic rings. The Morgan fingerprint density at radius 2 is 1.41 bits per heavy atom. The molecule has 0 spiro atoms. The predicted octanol–water partition coefficient (Wildman–Crippen LogP) is 13.2. The Morgan fingerprint density at radius 1 is 0.795 bits per heavy atom. The van der Waals surface area contributed by atoms with Crippen LogP contribution in [-0.2, 0) is 0 Å². The molecule has 0 amide bonds. The van der Waals surface area contributed by atoms with Gasteiger partial charge in [0.25, 0.3) is 0 Å². The number of rotatable bonds is 12. The lowest BCUT2D eigenvalue weighted by Crippen LogP contribution is -1.99. The van der Waals surface area contributed by atoms with Crippen molar-refractivity contribution in [1.82, 2.24) is 0 Å². The molecule has 1 heteroatoms. The fourth-order valence-corrected chi connectivity index (χ4v) is 4.92. The first-order valence-corrected chi connectivity index (χ1v) is 15.0. The minimum absolute atomic E-state index is 0.918. The summed E-state index contributed by atoms with van der Waals surface area (Å²) in [6, 6.07) is 19.2. The van der Waals surface area contributed by atoms with Gasteiger partial charge in [-0.1, -0.05) is 149 Å². The topological polar surface area (TPSA) is 23.9 Å². The SMILES string of the molecule is C=C.C=C/C(CC)=C(/C=C\CC)c1c(C=C)c(C=C)c(-c2ccccc2)c2ccccc12.C=CC(=C\C=C/C)/C(C)=C/C=N. The van der Waals surface area contributed by atoms with Crippen LogP contribution in [0, 0.1) is 5.41 Å². The van der Waals surface area contributed by atoms with Gasteiger partial charge in [0, 0.05) is 6.21 Å². The Morgan fingerprint density at radius 3 is 1.91 bits per heavy atom. The Hall–Kier alpha value is -5.01. The van der Waals surface area contributed by atoms with E-state index in [1.165, 1.54) is 44.8 Å². The molecule has 0 saturated carbocycles. The Kier molecular flexibility index (Phi) is 17.5. The molecule has 0 bridgehead atoms. The van der Waals surface area contributed by atoms with Crippen LogP contribution in [0.4, 0.5) is 0 Å². The molecule has 0 saturated heterocycles. The third-order valence-electron chi connectivity index (χ3n) is 7.00. The van der Waals surface area contributed by atoms with E-state index < -0.39 is 0 Å². The van der Waals surface area contributed by atoms with Gasteiger partial charge >= 0.3 is 0 Å². The van der Waals surface area contributed by atoms with Crippen molar-refractivity contribution in [2.75, 3.05) is 0 Å². The molecular weight excluding hydrogens is 530 g/mol. The van der Waals surface area contributed by atoms with Gasteiger partial charge in [0.15, 0.2) is 0 Å². The third-order valence-corrected chi connectivity index (χ3v) is 7.00. The Balaban J connectivity index is 0.000000584. The summed E-state index contributed by atoms with van der Waals surface area (Å²) >= 11 is 0. The van der Waals surface area contributed by atoms with Crippen LogP contribution in [0.2, 0.25) is 0 Å². The van der Waals surface area contributed by atoms with Gasteiger partial charge in [0.2, 0.25) is 0 Å². The molecule has 0 heterocycles. The van der Waals surface area contributed by atoms with Gasteiger partial charge in [-0.3, -0.25) is 0 Å². The molecule has 0 fully saturated rings. The summed E-state index contributed by atoms with van der Waals surface area (Å²) in [5.41, 5.74) is 10.4. The maximum atomic E-state index is 6.90. The number of allylic oxidation sites excluding steroid dienone is 12. The highest BCUT2D eigenvalue weighted by Crippen LogP contribution is 2.42. The number of hydrogen-bond acceptors (Lipinski definition) is 1. The summed E-state index contributed by atoms with van der Waals surface area (Å²) in [7, 11) is 0. The monoisotopic (exact) mass is 579 g/mol. The van der Waals surface area contributed by atoms with Crippen LogP contribution in [0.3, 0.4) is 0 Å². The zero-order chi connectivity index (χ0) is 32.9. The van der Waals surface area contributed by atoms with Gasteiger partial charge < -0.3 is 5.41 Å². The average Bonchev–Trinajstić information content (AvgIpc) is 3.07. The molecule has 0 atom stereocenters. The lowest BCUT2D eigenvalue weighted by Gasteiger charge is -2.22. The maximum absolute atomic E-state index is 6.90. The maximum Gasteiger partial charge on any atom is 0.0180 e. The first-order valence-electron chi connectivity index (χ1n) is 15.0. The molecule has 3 aromatic carbocycles. The molecular formula is C43H49N. The lowest BCUT2D eigenvalue weighted by molar-refractivity contribution is 1.15. The highest BCUT2D eigenvalue weighted by molar-refractivity contribution is 6.10. The zero-order valence-electron chi connectivity index (χ0n) is 27.2. The molecule has 226 valence electrons. The van der Waals surface area contributed by atoms with E-state index in [-0.39, 0.29) is 0 Å². The van der Waals surface area contributed by atoms with Crippen molar-refractivity contribution in [1.29, 1.82) is 5.41 Å². The second kappa shape index (κ2) is 20.8. The van der Waals surface area contributed by atoms with Crippen molar-refractivity contribution in [3.63, 3.8) is 0 Å². The van der Waals surface area contributed by atoms with Gasteiger partial charge in [-0.25, -0.2) is 0 Å². The fraction of sp³-hybridized carbons (Fsp3) is 0.140. The normalized spacial score (nSPS) is 12.0. The van der Waals surface area contributed by atoms with Gasteiger partial charge in [0.05, 0.1) is 0 Å². The number of nitrogens with one attached hydrogen (secondary N) is 1. The highest BCUT2D eigenvalue weighted by atomic mass is 14.3. The Bertz CT molecular complexity index is 1580. The van der Waals surface area contributed by atoms with E-state index in [1.807, 2.05) is 50.3 Å². The fourth-order valence-electron chi connectivity index (χ4n) is 4.92. The van der Waals surface area contributed by atoms with E-state index in [0.29, 0.717) is 0 Å². The highest BCUT2D eigenvalue weighted by Gasteiger charge is 2.19.